The number of hydrogen-bond donors (Lipinski definition) is 4. The number of carboxylic acid groups (broad SMARTS) is 1. The van der Waals surface area contributed by atoms with Crippen molar-refractivity contribution in [3.8, 4) is 0 Å². The highest BCUT2D eigenvalue weighted by atomic mass is 16.5. The lowest BCUT2D eigenvalue weighted by molar-refractivity contribution is -0.134. The Bertz CT molecular complexity index is 4680. The zero-order valence-electron chi connectivity index (χ0n) is 67.3. The van der Waals surface area contributed by atoms with Gasteiger partial charge in [-0.25, -0.2) is 15.0 Å². The molecule has 9 aromatic heterocycles. The van der Waals surface area contributed by atoms with E-state index in [2.05, 4.69) is 121 Å². The molecule has 10 aliphatic carbocycles. The van der Waals surface area contributed by atoms with Gasteiger partial charge in [0.15, 0.2) is 16.9 Å². The lowest BCUT2D eigenvalue weighted by atomic mass is 9.57. The quantitative estimate of drug-likeness (QED) is 0.0782. The van der Waals surface area contributed by atoms with Gasteiger partial charge in [0.25, 0.3) is 5.97 Å². The number of rotatable bonds is 13. The van der Waals surface area contributed by atoms with Crippen LogP contribution < -0.4 is 31.1 Å². The van der Waals surface area contributed by atoms with Crippen LogP contribution in [0.3, 0.4) is 0 Å². The molecule has 2 saturated heterocycles. The van der Waals surface area contributed by atoms with Crippen LogP contribution in [0.4, 0.5) is 17.1 Å². The number of aliphatic carboxylic acids is 1. The number of nitrogens with zero attached hydrogens (tertiary/aromatic N) is 18. The molecule has 12 fully saturated rings. The van der Waals surface area contributed by atoms with Gasteiger partial charge < -0.3 is 45.6 Å². The highest BCUT2D eigenvalue weighted by Crippen LogP contribution is 2.56. The lowest BCUT2D eigenvalue weighted by Crippen LogP contribution is -2.62. The van der Waals surface area contributed by atoms with Crippen LogP contribution in [0, 0.1) is 57.8 Å². The van der Waals surface area contributed by atoms with Crippen LogP contribution >= 0.6 is 0 Å². The average molecular weight is 1500 g/mol. The van der Waals surface area contributed by atoms with Crippen LogP contribution in [0.2, 0.25) is 0 Å². The first-order valence-electron chi connectivity index (χ1n) is 41.5. The number of carboxylic acids is 1. The normalized spacial score (nSPS) is 27.2. The van der Waals surface area contributed by atoms with Crippen LogP contribution in [0.5, 0.6) is 0 Å². The monoisotopic (exact) mass is 1500 g/mol. The number of pyridine rings is 3. The van der Waals surface area contributed by atoms with E-state index in [-0.39, 0.29) is 5.54 Å². The van der Waals surface area contributed by atoms with E-state index in [0.29, 0.717) is 39.4 Å². The minimum atomic E-state index is -0.833. The molecule has 0 spiro atoms. The number of nitrogens with two attached hydrogens (primary N) is 1. The van der Waals surface area contributed by atoms with Crippen molar-refractivity contribution in [3.63, 3.8) is 0 Å². The Morgan fingerprint density at radius 1 is 0.482 bits per heavy atom. The highest BCUT2D eigenvalue weighted by molar-refractivity contribution is 5.91. The molecular weight excluding hydrogens is 1380 g/mol. The Morgan fingerprint density at radius 3 is 1.02 bits per heavy atom. The molecule has 15 aliphatic rings. The van der Waals surface area contributed by atoms with Gasteiger partial charge in [-0.2, -0.15) is 30.6 Å². The smallest absolute Gasteiger partial charge is 0.300 e. The molecule has 24 rings (SSSR count). The molecule has 0 unspecified atom stereocenters. The molecule has 588 valence electrons. The maximum Gasteiger partial charge on any atom is 0.300 e. The summed E-state index contributed by atoms with van der Waals surface area (Å²) in [6.45, 7) is 30.2. The van der Waals surface area contributed by atoms with Crippen LogP contribution in [-0.4, -0.2) is 159 Å². The SMILES string of the molecule is C=C1CCC1.CC(=O)O.Cc1cc(N2CCc3c(c(C)nn3CC34CCC(N)(CC3)CC4)C2)c2cnn(C)c2n1.Cc1cc(N2CCc3c(c(C)nn3CC34CCC(NC5COC5)(CC3)CC4)C2)c2cnn(C)c2n1.Cc1cc(N2CCc3c(c(C)nn3CC34CCC(NC5COC5)(CC3)CC4)C2)c2cnn(C)c2n1. The fraction of sp³-hybridized carbons (Fsp3) is 0.647. The summed E-state index contributed by atoms with van der Waals surface area (Å²) < 4.78 is 23.6. The Kier molecular flexibility index (Phi) is 19.8. The second kappa shape index (κ2) is 29.1. The summed E-state index contributed by atoms with van der Waals surface area (Å²) in [5.74, 6) is -0.833. The minimum Gasteiger partial charge on any atom is -0.481 e. The summed E-state index contributed by atoms with van der Waals surface area (Å²) in [6.07, 6.45) is 36.1. The molecule has 25 heteroatoms. The number of aryl methyl sites for hydroxylation is 9. The van der Waals surface area contributed by atoms with Crippen molar-refractivity contribution >= 4 is 56.1 Å². The van der Waals surface area contributed by atoms with E-state index in [0.717, 1.165) is 162 Å². The standard InChI is InChI=1S/2C27H37N7O.C24H33N7.C5H8.C2H4O2/c2*1-18-12-24(21-13-28-32(3)25(21)29-18)33-11-4-23-22(14-33)19(2)31-34(23)17-26-5-8-27(9-6-26,10-7-26)30-20-15-35-16-20;1-16-12-21(18-13-26-29(3)22(18)27-16)30-11-4-20-19(14-30)17(2)28-31(20)15-23-5-8-24(25,9-6-23)10-7-23;1-5-3-2-4-5;1-2(3)4/h2*12-13,20,30H,4-11,14-17H2,1-3H3;12-13H,4-11,14-15,25H2,1-3H3;1-4H2;1H3,(H,3,4). The van der Waals surface area contributed by atoms with E-state index < -0.39 is 5.97 Å². The van der Waals surface area contributed by atoms with Gasteiger partial charge in [-0.15, -0.1) is 0 Å². The fourth-order valence-electron chi connectivity index (χ4n) is 21.3. The number of carbonyl (C=O) groups is 1. The zero-order chi connectivity index (χ0) is 76.2. The highest BCUT2D eigenvalue weighted by Gasteiger charge is 2.53. The number of anilines is 3. The van der Waals surface area contributed by atoms with Crippen molar-refractivity contribution in [2.75, 3.05) is 60.8 Å². The number of hydrogen-bond acceptors (Lipinski definition) is 18. The van der Waals surface area contributed by atoms with Gasteiger partial charge >= 0.3 is 0 Å². The molecule has 6 bridgehead atoms. The van der Waals surface area contributed by atoms with Crippen molar-refractivity contribution in [1.29, 1.82) is 0 Å². The largest absolute Gasteiger partial charge is 0.481 e. The van der Waals surface area contributed by atoms with Crippen molar-refractivity contribution in [2.24, 2.45) is 43.1 Å². The number of fused-ring (bicyclic) bond motifs is 15. The lowest BCUT2D eigenvalue weighted by Gasteiger charge is -2.55. The Hall–Kier alpha value is -8.10. The third kappa shape index (κ3) is 14.5. The summed E-state index contributed by atoms with van der Waals surface area (Å²) in [6, 6.07) is 7.81. The number of ether oxygens (including phenoxy) is 2. The molecule has 14 heterocycles. The third-order valence-electron chi connectivity index (χ3n) is 28.5. The number of nitrogens with one attached hydrogen (secondary N) is 2. The molecule has 9 aromatic rings. The second-order valence-electron chi connectivity index (χ2n) is 36.2. The molecule has 0 atom stereocenters. The van der Waals surface area contributed by atoms with Crippen molar-refractivity contribution in [1.82, 2.24) is 84.3 Å². The van der Waals surface area contributed by atoms with Gasteiger partial charge in [-0.1, -0.05) is 12.2 Å². The van der Waals surface area contributed by atoms with Gasteiger partial charge in [0.1, 0.15) is 0 Å². The molecule has 110 heavy (non-hydrogen) atoms. The van der Waals surface area contributed by atoms with Gasteiger partial charge in [0.2, 0.25) is 0 Å². The van der Waals surface area contributed by atoms with Crippen molar-refractivity contribution in [2.45, 2.75) is 271 Å². The molecule has 5 N–H and O–H groups in total. The maximum atomic E-state index is 9.00. The molecule has 5 aliphatic heterocycles. The zero-order valence-corrected chi connectivity index (χ0v) is 67.3. The van der Waals surface area contributed by atoms with E-state index in [1.54, 1.807) is 0 Å². The van der Waals surface area contributed by atoms with E-state index in [9.17, 15) is 0 Å². The topological polar surface area (TPSA) is 261 Å². The fourth-order valence-corrected chi connectivity index (χ4v) is 21.3. The summed E-state index contributed by atoms with van der Waals surface area (Å²) >= 11 is 0. The van der Waals surface area contributed by atoms with Gasteiger partial charge in [-0.3, -0.25) is 32.9 Å². The van der Waals surface area contributed by atoms with E-state index in [1.807, 2.05) is 53.8 Å². The Labute approximate surface area is 647 Å². The Balaban J connectivity index is 0.000000114. The van der Waals surface area contributed by atoms with Crippen molar-refractivity contribution in [3.05, 3.63) is 117 Å². The summed E-state index contributed by atoms with van der Waals surface area (Å²) in [7, 11) is 5.91. The third-order valence-corrected chi connectivity index (χ3v) is 28.5. The molecule has 0 amide bonds. The molecule has 0 radical (unpaired) electrons. The first kappa shape index (κ1) is 74.6. The number of allylic oxidation sites excluding steroid dienone is 1. The second-order valence-corrected chi connectivity index (χ2v) is 36.2. The maximum absolute atomic E-state index is 9.00. The summed E-state index contributed by atoms with van der Waals surface area (Å²) in [4.78, 5) is 30.6. The number of aromatic nitrogens is 15. The molecule has 25 nitrogen and oxygen atoms in total. The van der Waals surface area contributed by atoms with Crippen molar-refractivity contribution < 1.29 is 19.4 Å². The van der Waals surface area contributed by atoms with Crippen LogP contribution in [0.25, 0.3) is 33.1 Å². The first-order chi connectivity index (χ1) is 52.8. The van der Waals surface area contributed by atoms with Gasteiger partial charge in [-0.05, 0) is 211 Å². The summed E-state index contributed by atoms with van der Waals surface area (Å²) in [5.41, 5.74) is 32.1. The predicted molar refractivity (Wildman–Crippen MR) is 429 cm³/mol. The van der Waals surface area contributed by atoms with Crippen LogP contribution in [-0.2, 0) is 93.9 Å². The Morgan fingerprint density at radius 2 is 0.764 bits per heavy atom. The molecule has 0 aromatic carbocycles. The van der Waals surface area contributed by atoms with Gasteiger partial charge in [0, 0.05) is 174 Å². The summed E-state index contributed by atoms with van der Waals surface area (Å²) in [5, 5.41) is 47.5. The molecular formula is C85H119N21O4. The van der Waals surface area contributed by atoms with E-state index >= 15 is 0 Å². The van der Waals surface area contributed by atoms with Crippen LogP contribution in [0.15, 0.2) is 48.9 Å². The van der Waals surface area contributed by atoms with E-state index in [4.69, 9.17) is 55.4 Å². The van der Waals surface area contributed by atoms with E-state index in [1.165, 1.54) is 208 Å². The van der Waals surface area contributed by atoms with Gasteiger partial charge in [0.05, 0.1) is 107 Å². The van der Waals surface area contributed by atoms with Crippen LogP contribution in [0.1, 0.15) is 210 Å². The predicted octanol–water partition coefficient (Wildman–Crippen LogP) is 12.1. The minimum absolute atomic E-state index is 0.127. The molecule has 10 saturated carbocycles. The first-order valence-corrected chi connectivity index (χ1v) is 41.5. The average Bonchev–Trinajstić information content (AvgIpc) is 1.21.